The molecule has 1 aliphatic rings. The molecular weight excluding hydrogens is 236 g/mol. The third-order valence-corrected chi connectivity index (χ3v) is 3.98. The van der Waals surface area contributed by atoms with Crippen molar-refractivity contribution in [1.82, 2.24) is 4.98 Å². The van der Waals surface area contributed by atoms with E-state index >= 15 is 0 Å². The van der Waals surface area contributed by atoms with E-state index in [-0.39, 0.29) is 5.56 Å². The zero-order valence-corrected chi connectivity index (χ0v) is 10.6. The summed E-state index contributed by atoms with van der Waals surface area (Å²) in [6, 6.07) is 3.67. The van der Waals surface area contributed by atoms with Crippen molar-refractivity contribution < 1.29 is 9.90 Å². The molecule has 0 spiro atoms. The fourth-order valence-electron chi connectivity index (χ4n) is 1.89. The monoisotopic (exact) mass is 252 g/mol. The number of pyridine rings is 1. The molecule has 1 unspecified atom stereocenters. The van der Waals surface area contributed by atoms with Crippen molar-refractivity contribution in [2.75, 3.05) is 16.8 Å². The first-order valence-electron chi connectivity index (χ1n) is 5.72. The number of carboxylic acid groups (broad SMARTS) is 1. The summed E-state index contributed by atoms with van der Waals surface area (Å²) in [5.41, 5.74) is 1.09. The summed E-state index contributed by atoms with van der Waals surface area (Å²) in [5.74, 6) is 1.80. The third kappa shape index (κ3) is 3.12. The number of aromatic nitrogens is 1. The summed E-state index contributed by atoms with van der Waals surface area (Å²) in [6.45, 7) is 1.87. The Kier molecular flexibility index (Phi) is 3.89. The second kappa shape index (κ2) is 5.40. The Balaban J connectivity index is 2.17. The molecule has 5 heteroatoms. The van der Waals surface area contributed by atoms with E-state index in [0.717, 1.165) is 17.9 Å². The van der Waals surface area contributed by atoms with E-state index in [4.69, 9.17) is 5.11 Å². The van der Waals surface area contributed by atoms with Crippen molar-refractivity contribution in [3.63, 3.8) is 0 Å². The van der Waals surface area contributed by atoms with Crippen LogP contribution in [0.3, 0.4) is 0 Å². The second-order valence-corrected chi connectivity index (χ2v) is 5.36. The molecule has 1 aliphatic heterocycles. The van der Waals surface area contributed by atoms with Gasteiger partial charge in [-0.05, 0) is 37.7 Å². The molecule has 1 aromatic rings. The SMILES string of the molecule is Cc1ccc(C(=O)O)c(NC2CCCSC2)n1. The summed E-state index contributed by atoms with van der Waals surface area (Å²) in [6.07, 6.45) is 2.26. The maximum atomic E-state index is 11.1. The lowest BCUT2D eigenvalue weighted by Crippen LogP contribution is -2.27. The minimum absolute atomic E-state index is 0.256. The molecule has 2 heterocycles. The average molecular weight is 252 g/mol. The van der Waals surface area contributed by atoms with Crippen molar-refractivity contribution in [3.8, 4) is 0 Å². The standard InChI is InChI=1S/C12H16N2O2S/c1-8-4-5-10(12(15)16)11(13-8)14-9-3-2-6-17-7-9/h4-5,9H,2-3,6-7H2,1H3,(H,13,14)(H,15,16). The van der Waals surface area contributed by atoms with E-state index in [9.17, 15) is 4.79 Å². The number of hydrogen-bond acceptors (Lipinski definition) is 4. The molecule has 0 bridgehead atoms. The van der Waals surface area contributed by atoms with Gasteiger partial charge in [0, 0.05) is 17.5 Å². The minimum atomic E-state index is -0.927. The van der Waals surface area contributed by atoms with Crippen LogP contribution in [0.15, 0.2) is 12.1 Å². The number of aromatic carboxylic acids is 1. The molecule has 1 aromatic heterocycles. The van der Waals surface area contributed by atoms with Crippen molar-refractivity contribution in [2.45, 2.75) is 25.8 Å². The summed E-state index contributed by atoms with van der Waals surface area (Å²) in [7, 11) is 0. The van der Waals surface area contributed by atoms with Crippen LogP contribution in [0.5, 0.6) is 0 Å². The molecule has 17 heavy (non-hydrogen) atoms. The predicted octanol–water partition coefficient (Wildman–Crippen LogP) is 2.40. The fourth-order valence-corrected chi connectivity index (χ4v) is 2.96. The molecule has 0 aromatic carbocycles. The van der Waals surface area contributed by atoms with Crippen LogP contribution in [-0.4, -0.2) is 33.6 Å². The predicted molar refractivity (Wildman–Crippen MR) is 69.9 cm³/mol. The van der Waals surface area contributed by atoms with Crippen LogP contribution in [0.25, 0.3) is 0 Å². The molecule has 0 radical (unpaired) electrons. The molecule has 1 fully saturated rings. The molecule has 4 nitrogen and oxygen atoms in total. The first-order valence-corrected chi connectivity index (χ1v) is 6.87. The normalized spacial score (nSPS) is 19.9. The van der Waals surface area contributed by atoms with Gasteiger partial charge in [0.2, 0.25) is 0 Å². The number of anilines is 1. The van der Waals surface area contributed by atoms with Crippen LogP contribution in [0, 0.1) is 6.92 Å². The number of nitrogens with zero attached hydrogens (tertiary/aromatic N) is 1. The maximum Gasteiger partial charge on any atom is 0.339 e. The molecule has 1 saturated heterocycles. The minimum Gasteiger partial charge on any atom is -0.478 e. The molecular formula is C12H16N2O2S. The Labute approximate surface area is 105 Å². The highest BCUT2D eigenvalue weighted by Crippen LogP contribution is 2.22. The fraction of sp³-hybridized carbons (Fsp3) is 0.500. The Morgan fingerprint density at radius 3 is 3.06 bits per heavy atom. The van der Waals surface area contributed by atoms with Crippen LogP contribution in [0.1, 0.15) is 28.9 Å². The van der Waals surface area contributed by atoms with Crippen molar-refractivity contribution in [3.05, 3.63) is 23.4 Å². The zero-order valence-electron chi connectivity index (χ0n) is 9.77. The van der Waals surface area contributed by atoms with Crippen LogP contribution >= 0.6 is 11.8 Å². The number of aryl methyl sites for hydroxylation is 1. The molecule has 2 rings (SSSR count). The lowest BCUT2D eigenvalue weighted by molar-refractivity contribution is 0.0697. The Bertz CT molecular complexity index is 417. The largest absolute Gasteiger partial charge is 0.478 e. The van der Waals surface area contributed by atoms with Crippen LogP contribution in [-0.2, 0) is 0 Å². The maximum absolute atomic E-state index is 11.1. The first-order chi connectivity index (χ1) is 8.16. The average Bonchev–Trinajstić information content (AvgIpc) is 2.30. The highest BCUT2D eigenvalue weighted by Gasteiger charge is 2.18. The van der Waals surface area contributed by atoms with Gasteiger partial charge in [0.1, 0.15) is 11.4 Å². The number of nitrogens with one attached hydrogen (secondary N) is 1. The lowest BCUT2D eigenvalue weighted by Gasteiger charge is -2.23. The van der Waals surface area contributed by atoms with E-state index < -0.39 is 5.97 Å². The molecule has 2 N–H and O–H groups in total. The van der Waals surface area contributed by atoms with Crippen molar-refractivity contribution >= 4 is 23.5 Å². The van der Waals surface area contributed by atoms with Gasteiger partial charge in [-0.3, -0.25) is 0 Å². The van der Waals surface area contributed by atoms with Gasteiger partial charge in [-0.25, -0.2) is 9.78 Å². The quantitative estimate of drug-likeness (QED) is 0.865. The number of rotatable bonds is 3. The highest BCUT2D eigenvalue weighted by molar-refractivity contribution is 7.99. The van der Waals surface area contributed by atoms with Gasteiger partial charge in [0.05, 0.1) is 0 Å². The first kappa shape index (κ1) is 12.2. The molecule has 0 amide bonds. The van der Waals surface area contributed by atoms with E-state index in [0.29, 0.717) is 11.9 Å². The highest BCUT2D eigenvalue weighted by atomic mass is 32.2. The van der Waals surface area contributed by atoms with Gasteiger partial charge in [-0.15, -0.1) is 0 Å². The van der Waals surface area contributed by atoms with Gasteiger partial charge in [0.25, 0.3) is 0 Å². The van der Waals surface area contributed by atoms with Crippen LogP contribution < -0.4 is 5.32 Å². The lowest BCUT2D eigenvalue weighted by atomic mass is 10.1. The smallest absolute Gasteiger partial charge is 0.339 e. The van der Waals surface area contributed by atoms with Crippen molar-refractivity contribution in [2.24, 2.45) is 0 Å². The molecule has 0 aliphatic carbocycles. The van der Waals surface area contributed by atoms with E-state index in [2.05, 4.69) is 10.3 Å². The van der Waals surface area contributed by atoms with Gasteiger partial charge in [-0.2, -0.15) is 11.8 Å². The van der Waals surface area contributed by atoms with E-state index in [1.807, 2.05) is 18.7 Å². The van der Waals surface area contributed by atoms with Gasteiger partial charge >= 0.3 is 5.97 Å². The second-order valence-electron chi connectivity index (χ2n) is 4.21. The van der Waals surface area contributed by atoms with Crippen LogP contribution in [0.2, 0.25) is 0 Å². The summed E-state index contributed by atoms with van der Waals surface area (Å²) < 4.78 is 0. The number of hydrogen-bond donors (Lipinski definition) is 2. The number of carboxylic acids is 1. The van der Waals surface area contributed by atoms with E-state index in [1.165, 1.54) is 12.2 Å². The molecule has 1 atom stereocenters. The number of thioether (sulfide) groups is 1. The summed E-state index contributed by atoms with van der Waals surface area (Å²) in [4.78, 5) is 15.4. The Morgan fingerprint density at radius 1 is 1.59 bits per heavy atom. The molecule has 0 saturated carbocycles. The number of carbonyl (C=O) groups is 1. The van der Waals surface area contributed by atoms with Crippen LogP contribution in [0.4, 0.5) is 5.82 Å². The van der Waals surface area contributed by atoms with Gasteiger partial charge in [0.15, 0.2) is 0 Å². The van der Waals surface area contributed by atoms with E-state index in [1.54, 1.807) is 12.1 Å². The molecule has 92 valence electrons. The topological polar surface area (TPSA) is 62.2 Å². The third-order valence-electron chi connectivity index (χ3n) is 2.77. The van der Waals surface area contributed by atoms with Gasteiger partial charge < -0.3 is 10.4 Å². The Hall–Kier alpha value is -1.23. The summed E-state index contributed by atoms with van der Waals surface area (Å²) >= 11 is 1.90. The van der Waals surface area contributed by atoms with Gasteiger partial charge in [-0.1, -0.05) is 0 Å². The zero-order chi connectivity index (χ0) is 12.3. The summed E-state index contributed by atoms with van der Waals surface area (Å²) in [5, 5.41) is 12.4. The van der Waals surface area contributed by atoms with Crippen molar-refractivity contribution in [1.29, 1.82) is 0 Å². The Morgan fingerprint density at radius 2 is 2.41 bits per heavy atom.